The summed E-state index contributed by atoms with van der Waals surface area (Å²) in [5.74, 6) is -6.92. The second kappa shape index (κ2) is 12.0. The number of alkyl halides is 2. The lowest BCUT2D eigenvalue weighted by Gasteiger charge is -2.39. The molecule has 2 fully saturated rings. The van der Waals surface area contributed by atoms with E-state index in [1.807, 2.05) is 6.07 Å². The molecule has 1 saturated heterocycles. The number of nitrogens with zero attached hydrogens (tertiary/aromatic N) is 5. The zero-order chi connectivity index (χ0) is 31.8. The number of aliphatic hydroxyl groups is 1. The third-order valence-electron chi connectivity index (χ3n) is 7.36. The predicted molar refractivity (Wildman–Crippen MR) is 150 cm³/mol. The van der Waals surface area contributed by atoms with Crippen LogP contribution in [0, 0.1) is 28.5 Å². The van der Waals surface area contributed by atoms with Gasteiger partial charge in [-0.25, -0.2) is 18.2 Å². The van der Waals surface area contributed by atoms with Crippen molar-refractivity contribution >= 4 is 40.8 Å². The Balaban J connectivity index is 1.67. The van der Waals surface area contributed by atoms with E-state index in [9.17, 15) is 43.2 Å². The first kappa shape index (κ1) is 30.5. The number of aliphatic hydroxyl groups excluding tert-OH is 1. The Labute approximate surface area is 253 Å². The van der Waals surface area contributed by atoms with E-state index in [1.54, 1.807) is 12.1 Å². The van der Waals surface area contributed by atoms with Gasteiger partial charge in [-0.2, -0.15) is 10.5 Å². The Hall–Kier alpha value is -4.98. The van der Waals surface area contributed by atoms with Crippen LogP contribution < -0.4 is 15.1 Å². The average Bonchev–Trinajstić information content (AvgIpc) is 3.28. The number of carbonyl (C=O) groups is 3. The van der Waals surface area contributed by atoms with Crippen LogP contribution in [0.15, 0.2) is 60.8 Å². The summed E-state index contributed by atoms with van der Waals surface area (Å²) in [5, 5.41) is 31.9. The number of hydrogen-bond donors (Lipinski definition) is 2. The maximum atomic E-state index is 14.8. The number of anilines is 2. The summed E-state index contributed by atoms with van der Waals surface area (Å²) >= 11 is 6.47. The van der Waals surface area contributed by atoms with Crippen molar-refractivity contribution in [3.05, 3.63) is 88.3 Å². The van der Waals surface area contributed by atoms with E-state index >= 15 is 0 Å². The van der Waals surface area contributed by atoms with Gasteiger partial charge in [0.05, 0.1) is 23.3 Å². The number of rotatable bonds is 7. The fourth-order valence-electron chi connectivity index (χ4n) is 5.32. The molecule has 3 aromatic rings. The monoisotopic (exact) mass is 622 g/mol. The quantitative estimate of drug-likeness (QED) is 0.407. The van der Waals surface area contributed by atoms with Crippen molar-refractivity contribution in [1.29, 1.82) is 10.5 Å². The minimum absolute atomic E-state index is 0.00377. The van der Waals surface area contributed by atoms with Gasteiger partial charge in [-0.1, -0.05) is 29.8 Å². The minimum atomic E-state index is -2.98. The Bertz CT molecular complexity index is 1730. The standard InChI is InChI=1S/C30H22ClF3N6O4/c31-22-4-2-1-3-21(22)26(27(42)38-19-12-30(33,34)13-19)39(20-8-17(15-36)7-18(32)10-20)28(43)23-11-24(41)29(44)40(23)25-9-16(14-35)5-6-37-25/h1-10,19,23-24,26,41H,11-13H2,(H,38,42)/t23-,24+,26?/m0/s1. The third-order valence-corrected chi connectivity index (χ3v) is 7.70. The van der Waals surface area contributed by atoms with Crippen LogP contribution in [-0.4, -0.2) is 51.9 Å². The first-order valence-electron chi connectivity index (χ1n) is 13.3. The highest BCUT2D eigenvalue weighted by Gasteiger charge is 2.50. The molecule has 0 spiro atoms. The molecule has 1 saturated carbocycles. The molecule has 1 aromatic heterocycles. The van der Waals surface area contributed by atoms with E-state index in [0.717, 1.165) is 28.0 Å². The number of halogens is 4. The smallest absolute Gasteiger partial charge is 0.257 e. The molecular formula is C30H22ClF3N6O4. The van der Waals surface area contributed by atoms with Gasteiger partial charge in [0.2, 0.25) is 5.91 Å². The second-order valence-electron chi connectivity index (χ2n) is 10.4. The van der Waals surface area contributed by atoms with Crippen LogP contribution in [0.5, 0.6) is 0 Å². The SMILES string of the molecule is N#Cc1cc(F)cc(N(C(=O)[C@@H]2C[C@@H](O)C(=O)N2c2cc(C#N)ccn2)C(C(=O)NC2CC(F)(F)C2)c2ccccc2Cl)c1. The van der Waals surface area contributed by atoms with Crippen LogP contribution in [-0.2, 0) is 14.4 Å². The lowest BCUT2D eigenvalue weighted by Crippen LogP contribution is -2.56. The number of aromatic nitrogens is 1. The van der Waals surface area contributed by atoms with Gasteiger partial charge in [-0.05, 0) is 36.4 Å². The molecule has 3 atom stereocenters. The predicted octanol–water partition coefficient (Wildman–Crippen LogP) is 3.77. The van der Waals surface area contributed by atoms with Gasteiger partial charge in [0.1, 0.15) is 29.8 Å². The van der Waals surface area contributed by atoms with Gasteiger partial charge in [0.25, 0.3) is 17.7 Å². The molecule has 0 radical (unpaired) electrons. The van der Waals surface area contributed by atoms with Crippen LogP contribution >= 0.6 is 11.6 Å². The van der Waals surface area contributed by atoms with E-state index in [0.29, 0.717) is 0 Å². The van der Waals surface area contributed by atoms with E-state index in [1.165, 1.54) is 36.5 Å². The number of nitriles is 2. The van der Waals surface area contributed by atoms with Crippen molar-refractivity contribution < 1.29 is 32.7 Å². The maximum absolute atomic E-state index is 14.8. The Morgan fingerprint density at radius 3 is 2.48 bits per heavy atom. The molecule has 2 aromatic carbocycles. The first-order chi connectivity index (χ1) is 20.9. The molecule has 2 aliphatic rings. The lowest BCUT2D eigenvalue weighted by molar-refractivity contribution is -0.133. The highest BCUT2D eigenvalue weighted by Crippen LogP contribution is 2.40. The van der Waals surface area contributed by atoms with Crippen molar-refractivity contribution in [3.8, 4) is 12.1 Å². The number of hydrogen-bond acceptors (Lipinski definition) is 7. The zero-order valence-electron chi connectivity index (χ0n) is 22.6. The van der Waals surface area contributed by atoms with Crippen LogP contribution in [0.1, 0.15) is 42.0 Å². The summed E-state index contributed by atoms with van der Waals surface area (Å²) < 4.78 is 42.1. The first-order valence-corrected chi connectivity index (χ1v) is 13.6. The second-order valence-corrected chi connectivity index (χ2v) is 10.8. The summed E-state index contributed by atoms with van der Waals surface area (Å²) in [6.07, 6.45) is -2.20. The molecule has 44 heavy (non-hydrogen) atoms. The molecule has 3 amide bonds. The van der Waals surface area contributed by atoms with Crippen molar-refractivity contribution in [2.45, 2.75) is 49.4 Å². The maximum Gasteiger partial charge on any atom is 0.257 e. The highest BCUT2D eigenvalue weighted by molar-refractivity contribution is 6.31. The van der Waals surface area contributed by atoms with Crippen molar-refractivity contribution in [2.75, 3.05) is 9.80 Å². The highest BCUT2D eigenvalue weighted by atomic mass is 35.5. The number of amides is 3. The van der Waals surface area contributed by atoms with Gasteiger partial charge in [0, 0.05) is 47.8 Å². The van der Waals surface area contributed by atoms with Crippen LogP contribution in [0.3, 0.4) is 0 Å². The van der Waals surface area contributed by atoms with Crippen molar-refractivity contribution in [3.63, 3.8) is 0 Å². The number of benzene rings is 2. The summed E-state index contributed by atoms with van der Waals surface area (Å²) in [5.41, 5.74) is -0.354. The summed E-state index contributed by atoms with van der Waals surface area (Å²) in [4.78, 5) is 47.4. The van der Waals surface area contributed by atoms with Gasteiger partial charge in [-0.3, -0.25) is 24.2 Å². The molecule has 10 nitrogen and oxygen atoms in total. The number of carbonyl (C=O) groups excluding carboxylic acids is 3. The van der Waals surface area contributed by atoms with Gasteiger partial charge in [-0.15, -0.1) is 0 Å². The normalized spacial score (nSPS) is 19.8. The molecule has 1 aliphatic heterocycles. The third kappa shape index (κ3) is 5.93. The van der Waals surface area contributed by atoms with Crippen LogP contribution in [0.25, 0.3) is 0 Å². The average molecular weight is 623 g/mol. The number of pyridine rings is 1. The Morgan fingerprint density at radius 1 is 1.11 bits per heavy atom. The van der Waals surface area contributed by atoms with Crippen LogP contribution in [0.2, 0.25) is 5.02 Å². The van der Waals surface area contributed by atoms with E-state index < -0.39 is 73.0 Å². The largest absolute Gasteiger partial charge is 0.383 e. The van der Waals surface area contributed by atoms with Crippen LogP contribution in [0.4, 0.5) is 24.7 Å². The molecule has 14 heteroatoms. The molecule has 5 rings (SSSR count). The van der Waals surface area contributed by atoms with Crippen molar-refractivity contribution in [2.24, 2.45) is 0 Å². The molecule has 1 unspecified atom stereocenters. The lowest BCUT2D eigenvalue weighted by atomic mass is 9.87. The molecule has 2 N–H and O–H groups in total. The number of nitrogens with one attached hydrogen (secondary N) is 1. The van der Waals surface area contributed by atoms with Gasteiger partial charge >= 0.3 is 0 Å². The fourth-order valence-corrected chi connectivity index (χ4v) is 5.55. The fraction of sp³-hybridized carbons (Fsp3) is 0.267. The summed E-state index contributed by atoms with van der Waals surface area (Å²) in [6, 6.07) is 10.9. The van der Waals surface area contributed by atoms with Crippen molar-refractivity contribution in [1.82, 2.24) is 10.3 Å². The minimum Gasteiger partial charge on any atom is -0.383 e. The summed E-state index contributed by atoms with van der Waals surface area (Å²) in [7, 11) is 0. The van der Waals surface area contributed by atoms with Gasteiger partial charge < -0.3 is 10.4 Å². The zero-order valence-corrected chi connectivity index (χ0v) is 23.4. The summed E-state index contributed by atoms with van der Waals surface area (Å²) in [6.45, 7) is 0. The van der Waals surface area contributed by atoms with E-state index in [2.05, 4.69) is 10.3 Å². The molecule has 0 bridgehead atoms. The molecular weight excluding hydrogens is 601 g/mol. The molecule has 1 aliphatic carbocycles. The molecule has 224 valence electrons. The Kier molecular flexibility index (Phi) is 8.28. The van der Waals surface area contributed by atoms with E-state index in [-0.39, 0.29) is 33.2 Å². The Morgan fingerprint density at radius 2 is 1.82 bits per heavy atom. The van der Waals surface area contributed by atoms with Gasteiger partial charge in [0.15, 0.2) is 0 Å². The topological polar surface area (TPSA) is 150 Å². The van der Waals surface area contributed by atoms with E-state index in [4.69, 9.17) is 11.6 Å². The molecule has 2 heterocycles.